The highest BCUT2D eigenvalue weighted by atomic mass is 19.1. The highest BCUT2D eigenvalue weighted by Gasteiger charge is 2.50. The van der Waals surface area contributed by atoms with Gasteiger partial charge in [-0.1, -0.05) is 36.4 Å². The number of carbonyl (C=O) groups is 2. The summed E-state index contributed by atoms with van der Waals surface area (Å²) >= 11 is 0. The third-order valence-corrected chi connectivity index (χ3v) is 6.24. The summed E-state index contributed by atoms with van der Waals surface area (Å²) in [7, 11) is 0. The molecule has 1 spiro atoms. The molecule has 2 aliphatic heterocycles. The molecule has 0 bridgehead atoms. The predicted molar refractivity (Wildman–Crippen MR) is 119 cm³/mol. The summed E-state index contributed by atoms with van der Waals surface area (Å²) in [6.45, 7) is 3.54. The summed E-state index contributed by atoms with van der Waals surface area (Å²) in [6, 6.07) is 16.1. The van der Waals surface area contributed by atoms with Crippen LogP contribution in [0.15, 0.2) is 54.6 Å². The molecule has 0 aromatic heterocycles. The Morgan fingerprint density at radius 2 is 1.91 bits per heavy atom. The van der Waals surface area contributed by atoms with Crippen molar-refractivity contribution in [2.45, 2.75) is 25.0 Å². The summed E-state index contributed by atoms with van der Waals surface area (Å²) in [4.78, 5) is 28.9. The van der Waals surface area contributed by atoms with Crippen molar-refractivity contribution < 1.29 is 18.7 Å². The van der Waals surface area contributed by atoms with Gasteiger partial charge < -0.3 is 25.2 Å². The lowest BCUT2D eigenvalue weighted by molar-refractivity contribution is -0.126. The Hall–Kier alpha value is -2.97. The lowest BCUT2D eigenvalue weighted by atomic mass is 9.85. The van der Waals surface area contributed by atoms with Gasteiger partial charge in [-0.25, -0.2) is 4.39 Å². The second-order valence-corrected chi connectivity index (χ2v) is 8.27. The SMILES string of the molecule is O=C(COCc1ccccc1)NCCN1CCC2(CC1)C(=O)NCN2c1cccc(F)c1. The average molecular weight is 441 g/mol. The average Bonchev–Trinajstić information content (AvgIpc) is 3.11. The molecule has 2 aromatic rings. The summed E-state index contributed by atoms with van der Waals surface area (Å²) in [6.07, 6.45) is 1.31. The molecule has 0 atom stereocenters. The largest absolute Gasteiger partial charge is 0.367 e. The van der Waals surface area contributed by atoms with E-state index in [1.54, 1.807) is 6.07 Å². The van der Waals surface area contributed by atoms with Crippen molar-refractivity contribution >= 4 is 17.5 Å². The number of nitrogens with one attached hydrogen (secondary N) is 2. The maximum Gasteiger partial charge on any atom is 0.247 e. The maximum atomic E-state index is 13.7. The summed E-state index contributed by atoms with van der Waals surface area (Å²) in [5.74, 6) is -0.440. The van der Waals surface area contributed by atoms with Crippen LogP contribution < -0.4 is 15.5 Å². The van der Waals surface area contributed by atoms with Gasteiger partial charge in [-0.2, -0.15) is 0 Å². The van der Waals surface area contributed by atoms with Crippen molar-refractivity contribution in [3.63, 3.8) is 0 Å². The van der Waals surface area contributed by atoms with E-state index in [4.69, 9.17) is 4.74 Å². The summed E-state index contributed by atoms with van der Waals surface area (Å²) in [5, 5.41) is 5.82. The van der Waals surface area contributed by atoms with Crippen LogP contribution in [0.25, 0.3) is 0 Å². The molecule has 0 unspecified atom stereocenters. The highest BCUT2D eigenvalue weighted by Crippen LogP contribution is 2.36. The topological polar surface area (TPSA) is 73.9 Å². The highest BCUT2D eigenvalue weighted by molar-refractivity contribution is 5.93. The fourth-order valence-electron chi connectivity index (χ4n) is 4.46. The number of hydrogen-bond acceptors (Lipinski definition) is 5. The van der Waals surface area contributed by atoms with Gasteiger partial charge in [0.05, 0.1) is 13.3 Å². The zero-order chi connectivity index (χ0) is 22.4. The van der Waals surface area contributed by atoms with E-state index < -0.39 is 5.54 Å². The molecule has 2 aromatic carbocycles. The van der Waals surface area contributed by atoms with Crippen LogP contribution >= 0.6 is 0 Å². The molecule has 170 valence electrons. The number of benzene rings is 2. The number of piperidine rings is 1. The first-order chi connectivity index (χ1) is 15.6. The zero-order valence-electron chi connectivity index (χ0n) is 18.1. The first-order valence-electron chi connectivity index (χ1n) is 11.0. The van der Waals surface area contributed by atoms with E-state index in [9.17, 15) is 14.0 Å². The number of nitrogens with zero attached hydrogens (tertiary/aromatic N) is 2. The number of amides is 2. The van der Waals surface area contributed by atoms with E-state index in [2.05, 4.69) is 15.5 Å². The standard InChI is InChI=1S/C24H29FN4O3/c25-20-7-4-8-21(15-20)29-18-27-23(31)24(29)9-12-28(13-10-24)14-11-26-22(30)17-32-16-19-5-2-1-3-6-19/h1-8,15H,9-14,16-18H2,(H,26,30)(H,27,31). The van der Waals surface area contributed by atoms with Crippen LogP contribution in [0.4, 0.5) is 10.1 Å². The van der Waals surface area contributed by atoms with Crippen molar-refractivity contribution in [1.82, 2.24) is 15.5 Å². The van der Waals surface area contributed by atoms with Gasteiger partial charge in [0.25, 0.3) is 0 Å². The molecule has 8 heteroatoms. The molecule has 2 aliphatic rings. The lowest BCUT2D eigenvalue weighted by Crippen LogP contribution is -2.57. The predicted octanol–water partition coefficient (Wildman–Crippen LogP) is 1.89. The van der Waals surface area contributed by atoms with Gasteiger partial charge in [0.1, 0.15) is 18.0 Å². The molecule has 4 rings (SSSR count). The van der Waals surface area contributed by atoms with Gasteiger partial charge >= 0.3 is 0 Å². The van der Waals surface area contributed by atoms with Crippen molar-refractivity contribution in [1.29, 1.82) is 0 Å². The molecule has 0 saturated carbocycles. The number of ether oxygens (including phenoxy) is 1. The van der Waals surface area contributed by atoms with Crippen LogP contribution in [0, 0.1) is 5.82 Å². The maximum absolute atomic E-state index is 13.7. The summed E-state index contributed by atoms with van der Waals surface area (Å²) < 4.78 is 19.2. The van der Waals surface area contributed by atoms with Gasteiger partial charge in [0.15, 0.2) is 0 Å². The number of halogens is 1. The Balaban J connectivity index is 1.20. The Kier molecular flexibility index (Phi) is 7.02. The fraction of sp³-hybridized carbons (Fsp3) is 0.417. The first-order valence-corrected chi connectivity index (χ1v) is 11.0. The monoisotopic (exact) mass is 440 g/mol. The van der Waals surface area contributed by atoms with E-state index in [1.807, 2.05) is 41.3 Å². The Morgan fingerprint density at radius 3 is 2.66 bits per heavy atom. The van der Waals surface area contributed by atoms with Gasteiger partial charge in [-0.15, -0.1) is 0 Å². The van der Waals surface area contributed by atoms with Crippen LogP contribution in [-0.4, -0.2) is 61.7 Å². The minimum Gasteiger partial charge on any atom is -0.367 e. The number of likely N-dealkylation sites (tertiary alicyclic amines) is 1. The van der Waals surface area contributed by atoms with E-state index in [1.165, 1.54) is 12.1 Å². The van der Waals surface area contributed by atoms with Crippen LogP contribution in [0.1, 0.15) is 18.4 Å². The fourth-order valence-corrected chi connectivity index (χ4v) is 4.46. The Labute approximate surface area is 187 Å². The number of carbonyl (C=O) groups excluding carboxylic acids is 2. The first kappa shape index (κ1) is 22.2. The third kappa shape index (κ3) is 5.08. The quantitative estimate of drug-likeness (QED) is 0.656. The number of rotatable bonds is 8. The minimum atomic E-state index is -0.640. The van der Waals surface area contributed by atoms with Gasteiger partial charge in [-0.3, -0.25) is 9.59 Å². The van der Waals surface area contributed by atoms with E-state index in [0.717, 1.165) is 24.3 Å². The minimum absolute atomic E-state index is 0.00489. The molecule has 2 saturated heterocycles. The smallest absolute Gasteiger partial charge is 0.247 e. The third-order valence-electron chi connectivity index (χ3n) is 6.24. The lowest BCUT2D eigenvalue weighted by Gasteiger charge is -2.43. The molecular formula is C24H29FN4O3. The van der Waals surface area contributed by atoms with Crippen LogP contribution in [0.5, 0.6) is 0 Å². The normalized spacial score (nSPS) is 18.0. The second kappa shape index (κ2) is 10.1. The van der Waals surface area contributed by atoms with E-state index in [-0.39, 0.29) is 24.2 Å². The Morgan fingerprint density at radius 1 is 1.12 bits per heavy atom. The number of hydrogen-bond donors (Lipinski definition) is 2. The van der Waals surface area contributed by atoms with Crippen LogP contribution in [-0.2, 0) is 20.9 Å². The van der Waals surface area contributed by atoms with E-state index >= 15 is 0 Å². The Bertz CT molecular complexity index is 932. The van der Waals surface area contributed by atoms with Crippen molar-refractivity contribution in [3.05, 3.63) is 66.0 Å². The molecule has 2 heterocycles. The van der Waals surface area contributed by atoms with Crippen molar-refractivity contribution in [2.75, 3.05) is 44.4 Å². The van der Waals surface area contributed by atoms with Crippen LogP contribution in [0.3, 0.4) is 0 Å². The van der Waals surface area contributed by atoms with Gasteiger partial charge in [0, 0.05) is 31.9 Å². The zero-order valence-corrected chi connectivity index (χ0v) is 18.1. The van der Waals surface area contributed by atoms with Crippen molar-refractivity contribution in [2.24, 2.45) is 0 Å². The molecule has 2 N–H and O–H groups in total. The van der Waals surface area contributed by atoms with Crippen LogP contribution in [0.2, 0.25) is 0 Å². The molecule has 2 amide bonds. The van der Waals surface area contributed by atoms with Crippen molar-refractivity contribution in [3.8, 4) is 0 Å². The summed E-state index contributed by atoms with van der Waals surface area (Å²) in [5.41, 5.74) is 1.11. The molecule has 7 nitrogen and oxygen atoms in total. The molecular weight excluding hydrogens is 411 g/mol. The molecule has 0 aliphatic carbocycles. The molecule has 0 radical (unpaired) electrons. The second-order valence-electron chi connectivity index (χ2n) is 8.27. The molecule has 2 fully saturated rings. The van der Waals surface area contributed by atoms with E-state index in [0.29, 0.717) is 39.2 Å². The van der Waals surface area contributed by atoms with Gasteiger partial charge in [0.2, 0.25) is 11.8 Å². The van der Waals surface area contributed by atoms with Gasteiger partial charge in [-0.05, 0) is 36.6 Å². The molecule has 32 heavy (non-hydrogen) atoms. The number of anilines is 1.